The van der Waals surface area contributed by atoms with Gasteiger partial charge in [0.1, 0.15) is 5.75 Å². The first-order valence-corrected chi connectivity index (χ1v) is 7.73. The fourth-order valence-electron chi connectivity index (χ4n) is 2.14. The molecule has 0 unspecified atom stereocenters. The van der Waals surface area contributed by atoms with Crippen LogP contribution >= 0.6 is 0 Å². The molecule has 0 aliphatic carbocycles. The first kappa shape index (κ1) is 18.0. The highest BCUT2D eigenvalue weighted by Gasteiger charge is 2.02. The van der Waals surface area contributed by atoms with Crippen LogP contribution in [0.3, 0.4) is 0 Å². The molecule has 5 heteroatoms. The molecule has 22 heavy (non-hydrogen) atoms. The molecule has 0 fully saturated rings. The highest BCUT2D eigenvalue weighted by Crippen LogP contribution is 2.13. The maximum atomic E-state index is 11.6. The minimum atomic E-state index is -0.762. The van der Waals surface area contributed by atoms with Gasteiger partial charge in [-0.15, -0.1) is 0 Å². The van der Waals surface area contributed by atoms with E-state index in [2.05, 4.69) is 5.32 Å². The average molecular weight is 307 g/mol. The number of carboxylic acid groups (broad SMARTS) is 1. The smallest absolute Gasteiger partial charge is 0.303 e. The van der Waals surface area contributed by atoms with Crippen LogP contribution in [0.1, 0.15) is 44.1 Å². The van der Waals surface area contributed by atoms with Crippen molar-refractivity contribution in [3.8, 4) is 5.75 Å². The van der Waals surface area contributed by atoms with E-state index in [0.29, 0.717) is 19.4 Å². The Hall–Kier alpha value is -2.04. The van der Waals surface area contributed by atoms with E-state index in [1.165, 1.54) is 5.56 Å². The Morgan fingerprint density at radius 2 is 1.77 bits per heavy atom. The van der Waals surface area contributed by atoms with Gasteiger partial charge in [-0.05, 0) is 43.4 Å². The summed E-state index contributed by atoms with van der Waals surface area (Å²) in [4.78, 5) is 22.0. The zero-order chi connectivity index (χ0) is 16.2. The number of carbonyl (C=O) groups excluding carboxylic acids is 1. The van der Waals surface area contributed by atoms with Crippen LogP contribution in [0.25, 0.3) is 0 Å². The lowest BCUT2D eigenvalue weighted by Crippen LogP contribution is -2.24. The van der Waals surface area contributed by atoms with E-state index >= 15 is 0 Å². The minimum absolute atomic E-state index is 0.0618. The number of aliphatic carboxylic acids is 1. The monoisotopic (exact) mass is 307 g/mol. The molecule has 0 aliphatic heterocycles. The van der Waals surface area contributed by atoms with Gasteiger partial charge in [0.2, 0.25) is 5.91 Å². The van der Waals surface area contributed by atoms with Gasteiger partial charge in [0.05, 0.1) is 7.11 Å². The first-order valence-electron chi connectivity index (χ1n) is 7.73. The molecule has 0 bridgehead atoms. The van der Waals surface area contributed by atoms with E-state index in [1.54, 1.807) is 7.11 Å². The molecule has 0 atom stereocenters. The predicted octanol–water partition coefficient (Wildman–Crippen LogP) is 2.78. The number of rotatable bonds is 11. The van der Waals surface area contributed by atoms with Crippen molar-refractivity contribution >= 4 is 11.9 Å². The van der Waals surface area contributed by atoms with Crippen LogP contribution in [-0.2, 0) is 16.0 Å². The van der Waals surface area contributed by atoms with Crippen molar-refractivity contribution in [2.45, 2.75) is 44.9 Å². The summed E-state index contributed by atoms with van der Waals surface area (Å²) in [6.07, 6.45) is 4.74. The second-order valence-corrected chi connectivity index (χ2v) is 5.26. The molecule has 122 valence electrons. The summed E-state index contributed by atoms with van der Waals surface area (Å²) in [6.45, 7) is 0.626. The first-order chi connectivity index (χ1) is 10.6. The van der Waals surface area contributed by atoms with Gasteiger partial charge in [-0.1, -0.05) is 18.6 Å². The number of unbranched alkanes of at least 4 members (excludes halogenated alkanes) is 2. The number of carbonyl (C=O) groups is 2. The molecule has 0 radical (unpaired) electrons. The van der Waals surface area contributed by atoms with Crippen molar-refractivity contribution in [3.05, 3.63) is 29.8 Å². The lowest BCUT2D eigenvalue weighted by atomic mass is 10.1. The van der Waals surface area contributed by atoms with E-state index in [1.807, 2.05) is 24.3 Å². The molecule has 1 amide bonds. The molecule has 0 aromatic heterocycles. The summed E-state index contributed by atoms with van der Waals surface area (Å²) in [5.74, 6) is 0.138. The van der Waals surface area contributed by atoms with Gasteiger partial charge in [-0.25, -0.2) is 0 Å². The normalized spacial score (nSPS) is 10.2. The molecule has 1 aromatic rings. The number of nitrogens with one attached hydrogen (secondary N) is 1. The Morgan fingerprint density at radius 1 is 1.05 bits per heavy atom. The Morgan fingerprint density at radius 3 is 2.41 bits per heavy atom. The summed E-state index contributed by atoms with van der Waals surface area (Å²) in [5.41, 5.74) is 1.20. The van der Waals surface area contributed by atoms with E-state index < -0.39 is 5.97 Å². The van der Waals surface area contributed by atoms with Gasteiger partial charge in [0.15, 0.2) is 0 Å². The van der Waals surface area contributed by atoms with Crippen LogP contribution in [0.4, 0.5) is 0 Å². The summed E-state index contributed by atoms with van der Waals surface area (Å²) in [6, 6.07) is 7.87. The van der Waals surface area contributed by atoms with Gasteiger partial charge in [-0.2, -0.15) is 0 Å². The van der Waals surface area contributed by atoms with Gasteiger partial charge in [0.25, 0.3) is 0 Å². The van der Waals surface area contributed by atoms with Crippen molar-refractivity contribution in [3.63, 3.8) is 0 Å². The Balaban J connectivity index is 2.04. The number of amides is 1. The van der Waals surface area contributed by atoms with Crippen LogP contribution in [0.2, 0.25) is 0 Å². The third-order valence-corrected chi connectivity index (χ3v) is 3.42. The number of benzene rings is 1. The quantitative estimate of drug-likeness (QED) is 0.616. The topological polar surface area (TPSA) is 75.6 Å². The molecule has 5 nitrogen and oxygen atoms in total. The molecule has 0 saturated heterocycles. The van der Waals surface area contributed by atoms with E-state index in [4.69, 9.17) is 9.84 Å². The minimum Gasteiger partial charge on any atom is -0.497 e. The Kier molecular flexibility index (Phi) is 8.72. The summed E-state index contributed by atoms with van der Waals surface area (Å²) in [5, 5.41) is 11.4. The van der Waals surface area contributed by atoms with Crippen molar-refractivity contribution in [1.82, 2.24) is 5.32 Å². The van der Waals surface area contributed by atoms with E-state index in [-0.39, 0.29) is 12.3 Å². The predicted molar refractivity (Wildman–Crippen MR) is 85.0 cm³/mol. The summed E-state index contributed by atoms with van der Waals surface area (Å²) in [7, 11) is 1.64. The second kappa shape index (κ2) is 10.7. The number of methoxy groups -OCH3 is 1. The number of hydrogen-bond acceptors (Lipinski definition) is 3. The Labute approximate surface area is 131 Å². The van der Waals surface area contributed by atoms with Crippen molar-refractivity contribution in [2.75, 3.05) is 13.7 Å². The maximum Gasteiger partial charge on any atom is 0.303 e. The average Bonchev–Trinajstić information content (AvgIpc) is 2.51. The van der Waals surface area contributed by atoms with E-state index in [9.17, 15) is 9.59 Å². The summed E-state index contributed by atoms with van der Waals surface area (Å²) < 4.78 is 5.10. The van der Waals surface area contributed by atoms with Crippen LogP contribution in [0.5, 0.6) is 5.75 Å². The Bertz CT molecular complexity index is 456. The van der Waals surface area contributed by atoms with Crippen molar-refractivity contribution < 1.29 is 19.4 Å². The second-order valence-electron chi connectivity index (χ2n) is 5.26. The van der Waals surface area contributed by atoms with Crippen LogP contribution in [0, 0.1) is 0 Å². The molecule has 2 N–H and O–H groups in total. The number of ether oxygens (including phenoxy) is 1. The van der Waals surface area contributed by atoms with Gasteiger partial charge in [0, 0.05) is 19.4 Å². The highest BCUT2D eigenvalue weighted by molar-refractivity contribution is 5.75. The van der Waals surface area contributed by atoms with Crippen LogP contribution < -0.4 is 10.1 Å². The zero-order valence-electron chi connectivity index (χ0n) is 13.1. The third-order valence-electron chi connectivity index (χ3n) is 3.42. The highest BCUT2D eigenvalue weighted by atomic mass is 16.5. The molecule has 1 rings (SSSR count). The SMILES string of the molecule is COc1ccc(CCCC(=O)NCCCCCC(=O)O)cc1. The lowest BCUT2D eigenvalue weighted by Gasteiger charge is -2.06. The number of aryl methyl sites for hydroxylation is 1. The molecule has 0 aliphatic rings. The van der Waals surface area contributed by atoms with E-state index in [0.717, 1.165) is 31.4 Å². The molecule has 0 heterocycles. The molecule has 0 spiro atoms. The standard InChI is InChI=1S/C17H25NO4/c1-22-15-11-9-14(10-12-15)6-5-7-16(19)18-13-4-2-3-8-17(20)21/h9-12H,2-8,13H2,1H3,(H,18,19)(H,20,21). The van der Waals surface area contributed by atoms with Crippen LogP contribution in [-0.4, -0.2) is 30.6 Å². The maximum absolute atomic E-state index is 11.6. The summed E-state index contributed by atoms with van der Waals surface area (Å²) >= 11 is 0. The third kappa shape index (κ3) is 8.29. The van der Waals surface area contributed by atoms with Crippen molar-refractivity contribution in [1.29, 1.82) is 0 Å². The van der Waals surface area contributed by atoms with Crippen molar-refractivity contribution in [2.24, 2.45) is 0 Å². The fourth-order valence-corrected chi connectivity index (χ4v) is 2.14. The molecular formula is C17H25NO4. The molecule has 1 aromatic carbocycles. The molecular weight excluding hydrogens is 282 g/mol. The number of hydrogen-bond donors (Lipinski definition) is 2. The lowest BCUT2D eigenvalue weighted by molar-refractivity contribution is -0.137. The number of carboxylic acids is 1. The fraction of sp³-hybridized carbons (Fsp3) is 0.529. The molecule has 0 saturated carbocycles. The van der Waals surface area contributed by atoms with Gasteiger partial charge < -0.3 is 15.2 Å². The van der Waals surface area contributed by atoms with Crippen LogP contribution in [0.15, 0.2) is 24.3 Å². The zero-order valence-corrected chi connectivity index (χ0v) is 13.1. The largest absolute Gasteiger partial charge is 0.497 e. The van der Waals surface area contributed by atoms with Gasteiger partial charge >= 0.3 is 5.97 Å². The van der Waals surface area contributed by atoms with Gasteiger partial charge in [-0.3, -0.25) is 9.59 Å².